The van der Waals surface area contributed by atoms with E-state index in [4.69, 9.17) is 4.74 Å². The van der Waals surface area contributed by atoms with Crippen LogP contribution in [0.4, 0.5) is 0 Å². The molecule has 2 rings (SSSR count). The second-order valence-electron chi connectivity index (χ2n) is 4.70. The van der Waals surface area contributed by atoms with Crippen LogP contribution in [-0.2, 0) is 11.5 Å². The van der Waals surface area contributed by atoms with E-state index in [9.17, 15) is 0 Å². The molecule has 0 amide bonds. The van der Waals surface area contributed by atoms with Crippen LogP contribution in [0, 0.1) is 6.92 Å². The number of hydrogen-bond donors (Lipinski definition) is 0. The monoisotopic (exact) mass is 323 g/mol. The van der Waals surface area contributed by atoms with Crippen LogP contribution in [0.1, 0.15) is 26.0 Å². The Morgan fingerprint density at radius 3 is 2.95 bits per heavy atom. The molecule has 19 heavy (non-hydrogen) atoms. The summed E-state index contributed by atoms with van der Waals surface area (Å²) in [5.41, 5.74) is 3.95. The molecule has 0 bridgehead atoms. The molecule has 4 nitrogen and oxygen atoms in total. The number of ether oxygens (including phenoxy) is 1. The van der Waals surface area contributed by atoms with Gasteiger partial charge in [-0.1, -0.05) is 11.6 Å². The molecule has 0 saturated heterocycles. The predicted molar refractivity (Wildman–Crippen MR) is 80.0 cm³/mol. The van der Waals surface area contributed by atoms with Gasteiger partial charge < -0.3 is 9.30 Å². The fraction of sp³-hybridized carbons (Fsp3) is 0.429. The van der Waals surface area contributed by atoms with Gasteiger partial charge in [-0.2, -0.15) is 0 Å². The van der Waals surface area contributed by atoms with Gasteiger partial charge in [-0.25, -0.2) is 9.97 Å². The molecule has 0 N–H and O–H groups in total. The normalized spacial score (nSPS) is 10.9. The zero-order chi connectivity index (χ0) is 13.8. The Morgan fingerprint density at radius 2 is 2.21 bits per heavy atom. The van der Waals surface area contributed by atoms with Crippen LogP contribution in [0.5, 0.6) is 0 Å². The van der Waals surface area contributed by atoms with Crippen LogP contribution in [0.3, 0.4) is 0 Å². The maximum atomic E-state index is 5.65. The van der Waals surface area contributed by atoms with Crippen molar-refractivity contribution < 1.29 is 4.74 Å². The summed E-state index contributed by atoms with van der Waals surface area (Å²) in [5.74, 6) is 0. The highest BCUT2D eigenvalue weighted by Crippen LogP contribution is 2.17. The van der Waals surface area contributed by atoms with Crippen molar-refractivity contribution in [3.05, 3.63) is 34.2 Å². The lowest BCUT2D eigenvalue weighted by molar-refractivity contribution is 0.0831. The first kappa shape index (κ1) is 14.2. The number of hydrogen-bond acceptors (Lipinski definition) is 3. The van der Waals surface area contributed by atoms with E-state index in [1.807, 2.05) is 23.8 Å². The zero-order valence-corrected chi connectivity index (χ0v) is 13.1. The summed E-state index contributed by atoms with van der Waals surface area (Å²) in [5, 5.41) is 0. The molecule has 0 atom stereocenters. The second-order valence-corrected chi connectivity index (χ2v) is 5.45. The van der Waals surface area contributed by atoms with Gasteiger partial charge in [0.1, 0.15) is 16.9 Å². The van der Waals surface area contributed by atoms with Gasteiger partial charge in [0.15, 0.2) is 5.65 Å². The lowest BCUT2D eigenvalue weighted by atomic mass is 10.3. The molecular formula is C14H18BrN3O. The maximum Gasteiger partial charge on any atom is 0.160 e. The van der Waals surface area contributed by atoms with E-state index in [0.717, 1.165) is 27.9 Å². The van der Waals surface area contributed by atoms with Gasteiger partial charge in [-0.3, -0.25) is 0 Å². The van der Waals surface area contributed by atoms with Crippen LogP contribution in [0.2, 0.25) is 0 Å². The predicted octanol–water partition coefficient (Wildman–Crippen LogP) is 3.83. The van der Waals surface area contributed by atoms with Gasteiger partial charge in [0.05, 0.1) is 12.3 Å². The minimum absolute atomic E-state index is 0.510. The molecule has 5 heteroatoms. The molecule has 0 spiro atoms. The van der Waals surface area contributed by atoms with Crippen molar-refractivity contribution in [1.82, 2.24) is 14.5 Å². The fourth-order valence-electron chi connectivity index (χ4n) is 1.75. The highest BCUT2D eigenvalue weighted by atomic mass is 79.9. The smallest absolute Gasteiger partial charge is 0.160 e. The largest absolute Gasteiger partial charge is 0.360 e. The van der Waals surface area contributed by atoms with Crippen molar-refractivity contribution in [1.29, 1.82) is 0 Å². The van der Waals surface area contributed by atoms with E-state index in [1.165, 1.54) is 5.57 Å². The Morgan fingerprint density at radius 1 is 1.42 bits per heavy atom. The number of aromatic nitrogens is 3. The van der Waals surface area contributed by atoms with Crippen LogP contribution < -0.4 is 0 Å². The lowest BCUT2D eigenvalue weighted by Gasteiger charge is -2.06. The highest BCUT2D eigenvalue weighted by molar-refractivity contribution is 9.10. The number of halogens is 1. The molecule has 0 unspecified atom stereocenters. The summed E-state index contributed by atoms with van der Waals surface area (Å²) < 4.78 is 8.42. The van der Waals surface area contributed by atoms with E-state index < -0.39 is 0 Å². The molecule has 0 radical (unpaired) electrons. The van der Waals surface area contributed by atoms with E-state index in [2.05, 4.69) is 45.8 Å². The van der Waals surface area contributed by atoms with Crippen molar-refractivity contribution >= 4 is 27.1 Å². The third kappa shape index (κ3) is 3.64. The molecule has 0 saturated carbocycles. The summed E-state index contributed by atoms with van der Waals surface area (Å²) in [6.45, 7) is 7.35. The van der Waals surface area contributed by atoms with E-state index in [-0.39, 0.29) is 0 Å². The Bertz CT molecular complexity index is 600. The van der Waals surface area contributed by atoms with Crippen LogP contribution >= 0.6 is 15.9 Å². The topological polar surface area (TPSA) is 39.9 Å². The average Bonchev–Trinajstić information content (AvgIpc) is 2.72. The van der Waals surface area contributed by atoms with Gasteiger partial charge in [0.2, 0.25) is 0 Å². The molecule has 2 aromatic rings. The summed E-state index contributed by atoms with van der Waals surface area (Å²) in [6, 6.07) is 1.95. The van der Waals surface area contributed by atoms with Gasteiger partial charge in [0, 0.05) is 6.20 Å². The second kappa shape index (κ2) is 6.30. The third-order valence-electron chi connectivity index (χ3n) is 2.75. The molecule has 0 aliphatic heterocycles. The number of fused-ring (bicyclic) bond motifs is 1. The molecule has 0 aliphatic carbocycles. The molecule has 0 aromatic carbocycles. The van der Waals surface area contributed by atoms with Crippen LogP contribution in [0.25, 0.3) is 11.2 Å². The summed E-state index contributed by atoms with van der Waals surface area (Å²) >= 11 is 3.39. The number of allylic oxidation sites excluding steroid dienone is 1. The molecule has 0 fully saturated rings. The third-order valence-corrected chi connectivity index (χ3v) is 3.50. The summed E-state index contributed by atoms with van der Waals surface area (Å²) in [7, 11) is 0. The van der Waals surface area contributed by atoms with Crippen molar-refractivity contribution in [3.63, 3.8) is 0 Å². The molecule has 0 aliphatic rings. The average molecular weight is 324 g/mol. The van der Waals surface area contributed by atoms with Crippen LogP contribution in [-0.4, -0.2) is 21.1 Å². The highest BCUT2D eigenvalue weighted by Gasteiger charge is 2.07. The Labute approximate surface area is 121 Å². The Kier molecular flexibility index (Phi) is 4.71. The van der Waals surface area contributed by atoms with Crippen molar-refractivity contribution in [2.45, 2.75) is 33.9 Å². The number of rotatable bonds is 5. The van der Waals surface area contributed by atoms with Crippen molar-refractivity contribution in [2.75, 3.05) is 6.61 Å². The first-order valence-electron chi connectivity index (χ1n) is 6.28. The standard InChI is InChI=1S/C14H18BrN3O/c1-10(2)5-4-8-19-9-18-7-6-12-14(18)16-11(3)13(15)17-12/h5-7H,4,8-9H2,1-3H3. The van der Waals surface area contributed by atoms with E-state index in [1.54, 1.807) is 0 Å². The minimum Gasteiger partial charge on any atom is -0.360 e. The molecule has 102 valence electrons. The molecular weight excluding hydrogens is 306 g/mol. The van der Waals surface area contributed by atoms with E-state index in [0.29, 0.717) is 13.3 Å². The fourth-order valence-corrected chi connectivity index (χ4v) is 2.03. The van der Waals surface area contributed by atoms with Gasteiger partial charge >= 0.3 is 0 Å². The first-order chi connectivity index (χ1) is 9.08. The van der Waals surface area contributed by atoms with Gasteiger partial charge in [0.25, 0.3) is 0 Å². The zero-order valence-electron chi connectivity index (χ0n) is 11.5. The van der Waals surface area contributed by atoms with Crippen LogP contribution in [0.15, 0.2) is 28.5 Å². The number of aryl methyl sites for hydroxylation is 1. The summed E-state index contributed by atoms with van der Waals surface area (Å²) in [4.78, 5) is 8.96. The quantitative estimate of drug-likeness (QED) is 0.620. The maximum absolute atomic E-state index is 5.65. The Balaban J connectivity index is 2.01. The van der Waals surface area contributed by atoms with Gasteiger partial charge in [-0.05, 0) is 49.2 Å². The first-order valence-corrected chi connectivity index (χ1v) is 7.07. The lowest BCUT2D eigenvalue weighted by Crippen LogP contribution is -2.04. The SMILES string of the molecule is CC(C)=CCCOCn1ccc2nc(Br)c(C)nc21. The van der Waals surface area contributed by atoms with Gasteiger partial charge in [-0.15, -0.1) is 0 Å². The number of nitrogens with zero attached hydrogens (tertiary/aromatic N) is 3. The summed E-state index contributed by atoms with van der Waals surface area (Å²) in [6.07, 6.45) is 5.07. The molecule has 2 heterocycles. The minimum atomic E-state index is 0.510. The molecule has 2 aromatic heterocycles. The Hall–Kier alpha value is -1.20. The van der Waals surface area contributed by atoms with Crippen molar-refractivity contribution in [2.24, 2.45) is 0 Å². The van der Waals surface area contributed by atoms with Crippen molar-refractivity contribution in [3.8, 4) is 0 Å². The van der Waals surface area contributed by atoms with E-state index >= 15 is 0 Å².